The van der Waals surface area contributed by atoms with E-state index in [4.69, 9.17) is 0 Å². The lowest BCUT2D eigenvalue weighted by molar-refractivity contribution is 0.208. The van der Waals surface area contributed by atoms with Crippen LogP contribution in [0, 0.1) is 6.92 Å². The minimum atomic E-state index is 0.471. The lowest BCUT2D eigenvalue weighted by atomic mass is 10.0. The number of aromatic nitrogens is 2. The van der Waals surface area contributed by atoms with Gasteiger partial charge in [0.15, 0.2) is 0 Å². The van der Waals surface area contributed by atoms with E-state index in [1.54, 1.807) is 12.5 Å². The Hall–Kier alpha value is -1.94. The highest BCUT2D eigenvalue weighted by Gasteiger charge is 2.20. The van der Waals surface area contributed by atoms with E-state index in [0.717, 1.165) is 18.9 Å². The van der Waals surface area contributed by atoms with E-state index in [9.17, 15) is 0 Å². The summed E-state index contributed by atoms with van der Waals surface area (Å²) in [6.45, 7) is 5.43. The van der Waals surface area contributed by atoms with E-state index in [-0.39, 0.29) is 0 Å². The lowest BCUT2D eigenvalue weighted by Crippen LogP contribution is -2.41. The Labute approximate surface area is 126 Å². The van der Waals surface area contributed by atoms with Crippen molar-refractivity contribution in [2.75, 3.05) is 18.4 Å². The van der Waals surface area contributed by atoms with Gasteiger partial charge in [-0.05, 0) is 37.9 Å². The first-order valence-electron chi connectivity index (χ1n) is 7.60. The highest BCUT2D eigenvalue weighted by molar-refractivity contribution is 5.33. The van der Waals surface area contributed by atoms with Gasteiger partial charge in [-0.2, -0.15) is 0 Å². The fraction of sp³-hybridized carbons (Fsp3) is 0.412. The van der Waals surface area contributed by atoms with Crippen LogP contribution in [-0.4, -0.2) is 34.0 Å². The van der Waals surface area contributed by atoms with Gasteiger partial charge in [-0.15, -0.1) is 0 Å². The van der Waals surface area contributed by atoms with Crippen molar-refractivity contribution in [3.63, 3.8) is 0 Å². The summed E-state index contributed by atoms with van der Waals surface area (Å²) in [5.74, 6) is 0.924. The molecule has 4 heteroatoms. The number of nitrogens with zero attached hydrogens (tertiary/aromatic N) is 3. The highest BCUT2D eigenvalue weighted by atomic mass is 15.2. The van der Waals surface area contributed by atoms with Crippen LogP contribution < -0.4 is 5.32 Å². The molecular formula is C17H22N4. The molecule has 1 saturated heterocycles. The molecule has 1 atom stereocenters. The molecule has 21 heavy (non-hydrogen) atoms. The van der Waals surface area contributed by atoms with Crippen LogP contribution in [0.25, 0.3) is 0 Å². The Kier molecular flexibility index (Phi) is 4.46. The predicted octanol–water partition coefficient (Wildman–Crippen LogP) is 2.86. The SMILES string of the molecule is Cc1cccc(CN2CCCC(Nc3ccncn3)C2)c1. The monoisotopic (exact) mass is 282 g/mol. The van der Waals surface area contributed by atoms with Crippen LogP contribution in [0.1, 0.15) is 24.0 Å². The van der Waals surface area contributed by atoms with Crippen molar-refractivity contribution < 1.29 is 0 Å². The molecule has 1 aliphatic rings. The fourth-order valence-corrected chi connectivity index (χ4v) is 2.97. The van der Waals surface area contributed by atoms with E-state index >= 15 is 0 Å². The fourth-order valence-electron chi connectivity index (χ4n) is 2.97. The first-order chi connectivity index (χ1) is 10.3. The first kappa shape index (κ1) is 14.0. The van der Waals surface area contributed by atoms with Crippen molar-refractivity contribution in [3.8, 4) is 0 Å². The number of hydrogen-bond acceptors (Lipinski definition) is 4. The molecule has 4 nitrogen and oxygen atoms in total. The Bertz CT molecular complexity index is 570. The molecule has 0 radical (unpaired) electrons. The van der Waals surface area contributed by atoms with Crippen LogP contribution >= 0.6 is 0 Å². The van der Waals surface area contributed by atoms with Gasteiger partial charge in [0.2, 0.25) is 0 Å². The highest BCUT2D eigenvalue weighted by Crippen LogP contribution is 2.17. The Morgan fingerprint density at radius 1 is 1.33 bits per heavy atom. The summed E-state index contributed by atoms with van der Waals surface area (Å²) in [7, 11) is 0. The molecule has 2 heterocycles. The molecule has 0 spiro atoms. The Balaban J connectivity index is 1.58. The quantitative estimate of drug-likeness (QED) is 0.936. The normalized spacial score (nSPS) is 19.4. The Morgan fingerprint density at radius 2 is 2.29 bits per heavy atom. The summed E-state index contributed by atoms with van der Waals surface area (Å²) >= 11 is 0. The van der Waals surface area contributed by atoms with Gasteiger partial charge in [0.25, 0.3) is 0 Å². The molecule has 1 aromatic heterocycles. The van der Waals surface area contributed by atoms with Crippen molar-refractivity contribution in [1.29, 1.82) is 0 Å². The summed E-state index contributed by atoms with van der Waals surface area (Å²) in [6.07, 6.45) is 5.81. The van der Waals surface area contributed by atoms with Crippen LogP contribution in [0.15, 0.2) is 42.9 Å². The third-order valence-corrected chi connectivity index (χ3v) is 3.93. The van der Waals surface area contributed by atoms with Crippen molar-refractivity contribution in [2.24, 2.45) is 0 Å². The number of aryl methyl sites for hydroxylation is 1. The number of anilines is 1. The van der Waals surface area contributed by atoms with E-state index in [1.807, 2.05) is 6.07 Å². The van der Waals surface area contributed by atoms with E-state index < -0.39 is 0 Å². The summed E-state index contributed by atoms with van der Waals surface area (Å²) < 4.78 is 0. The molecule has 1 aliphatic heterocycles. The van der Waals surface area contributed by atoms with Crippen LogP contribution in [0.5, 0.6) is 0 Å². The molecule has 1 fully saturated rings. The molecule has 110 valence electrons. The minimum absolute atomic E-state index is 0.471. The molecule has 3 rings (SSSR count). The number of rotatable bonds is 4. The average molecular weight is 282 g/mol. The van der Waals surface area contributed by atoms with Gasteiger partial charge >= 0.3 is 0 Å². The number of nitrogens with one attached hydrogen (secondary N) is 1. The molecule has 1 N–H and O–H groups in total. The van der Waals surface area contributed by atoms with Gasteiger partial charge < -0.3 is 5.32 Å². The second-order valence-electron chi connectivity index (χ2n) is 5.80. The van der Waals surface area contributed by atoms with Gasteiger partial charge in [-0.25, -0.2) is 9.97 Å². The van der Waals surface area contributed by atoms with Gasteiger partial charge in [0, 0.05) is 25.3 Å². The zero-order chi connectivity index (χ0) is 14.5. The summed E-state index contributed by atoms with van der Waals surface area (Å²) in [5, 5.41) is 3.52. The van der Waals surface area contributed by atoms with Crippen LogP contribution in [0.2, 0.25) is 0 Å². The average Bonchev–Trinajstić information content (AvgIpc) is 2.49. The summed E-state index contributed by atoms with van der Waals surface area (Å²) in [4.78, 5) is 10.7. The molecule has 0 saturated carbocycles. The Morgan fingerprint density at radius 3 is 3.10 bits per heavy atom. The second kappa shape index (κ2) is 6.68. The number of likely N-dealkylation sites (tertiary alicyclic amines) is 1. The summed E-state index contributed by atoms with van der Waals surface area (Å²) in [6, 6.07) is 11.2. The van der Waals surface area contributed by atoms with E-state index in [2.05, 4.69) is 51.4 Å². The van der Waals surface area contributed by atoms with Crippen molar-refractivity contribution in [2.45, 2.75) is 32.4 Å². The molecule has 0 aliphatic carbocycles. The van der Waals surface area contributed by atoms with Crippen molar-refractivity contribution >= 4 is 5.82 Å². The molecule has 1 unspecified atom stereocenters. The first-order valence-corrected chi connectivity index (χ1v) is 7.60. The van der Waals surface area contributed by atoms with Crippen molar-refractivity contribution in [3.05, 3.63) is 54.0 Å². The predicted molar refractivity (Wildman–Crippen MR) is 85.1 cm³/mol. The van der Waals surface area contributed by atoms with E-state index in [0.29, 0.717) is 6.04 Å². The molecule has 2 aromatic rings. The van der Waals surface area contributed by atoms with Crippen LogP contribution in [-0.2, 0) is 6.54 Å². The number of hydrogen-bond donors (Lipinski definition) is 1. The smallest absolute Gasteiger partial charge is 0.129 e. The van der Waals surface area contributed by atoms with Gasteiger partial charge in [0.1, 0.15) is 12.1 Å². The van der Waals surface area contributed by atoms with Gasteiger partial charge in [-0.1, -0.05) is 29.8 Å². The molecule has 0 amide bonds. The zero-order valence-electron chi connectivity index (χ0n) is 12.5. The topological polar surface area (TPSA) is 41.0 Å². The van der Waals surface area contributed by atoms with Gasteiger partial charge in [-0.3, -0.25) is 4.90 Å². The number of benzene rings is 1. The number of piperidine rings is 1. The van der Waals surface area contributed by atoms with Gasteiger partial charge in [0.05, 0.1) is 0 Å². The summed E-state index contributed by atoms with van der Waals surface area (Å²) in [5.41, 5.74) is 2.73. The maximum absolute atomic E-state index is 4.25. The third kappa shape index (κ3) is 4.02. The molecular weight excluding hydrogens is 260 g/mol. The van der Waals surface area contributed by atoms with Crippen LogP contribution in [0.3, 0.4) is 0 Å². The lowest BCUT2D eigenvalue weighted by Gasteiger charge is -2.33. The maximum atomic E-state index is 4.25. The van der Waals surface area contributed by atoms with Crippen molar-refractivity contribution in [1.82, 2.24) is 14.9 Å². The minimum Gasteiger partial charge on any atom is -0.366 e. The zero-order valence-corrected chi connectivity index (χ0v) is 12.5. The molecule has 1 aromatic carbocycles. The largest absolute Gasteiger partial charge is 0.366 e. The molecule has 0 bridgehead atoms. The third-order valence-electron chi connectivity index (χ3n) is 3.93. The van der Waals surface area contributed by atoms with E-state index in [1.165, 1.54) is 30.5 Å². The van der Waals surface area contributed by atoms with Crippen LogP contribution in [0.4, 0.5) is 5.82 Å². The second-order valence-corrected chi connectivity index (χ2v) is 5.80. The maximum Gasteiger partial charge on any atom is 0.129 e. The standard InChI is InChI=1S/C17H22N4/c1-14-4-2-5-15(10-14)11-21-9-3-6-16(12-21)20-17-7-8-18-13-19-17/h2,4-5,7-8,10,13,16H,3,6,9,11-12H2,1H3,(H,18,19,20).